The third-order valence-corrected chi connectivity index (χ3v) is 11.4. The lowest BCUT2D eigenvalue weighted by molar-refractivity contribution is 1.08. The molecule has 0 bridgehead atoms. The smallest absolute Gasteiger partial charge is 0.138 e. The van der Waals surface area contributed by atoms with Gasteiger partial charge in [-0.3, -0.25) is 4.57 Å². The Morgan fingerprint density at radius 2 is 1.04 bits per heavy atom. The molecule has 0 radical (unpaired) electrons. The van der Waals surface area contributed by atoms with Crippen LogP contribution in [0, 0.1) is 0 Å². The monoisotopic (exact) mass is 700 g/mol. The lowest BCUT2D eigenvalue weighted by atomic mass is 9.89. The van der Waals surface area contributed by atoms with Gasteiger partial charge in [0.1, 0.15) is 5.82 Å². The lowest BCUT2D eigenvalue weighted by Crippen LogP contribution is -2.15. The minimum absolute atomic E-state index is 0.889. The molecule has 1 aliphatic rings. The van der Waals surface area contributed by atoms with Crippen LogP contribution in [-0.2, 0) is 0 Å². The van der Waals surface area contributed by atoms with Gasteiger partial charge in [-0.25, -0.2) is 4.98 Å². The fourth-order valence-corrected chi connectivity index (χ4v) is 9.13. The van der Waals surface area contributed by atoms with Crippen LogP contribution in [0.4, 0.5) is 17.1 Å². The molecule has 0 fully saturated rings. The Kier molecular flexibility index (Phi) is 6.31. The maximum Gasteiger partial charge on any atom is 0.138 e. The summed E-state index contributed by atoms with van der Waals surface area (Å²) in [5.41, 5.74) is 13.8. The van der Waals surface area contributed by atoms with E-state index >= 15 is 0 Å². The number of rotatable bonds is 4. The molecule has 0 saturated carbocycles. The van der Waals surface area contributed by atoms with Crippen molar-refractivity contribution in [1.29, 1.82) is 0 Å². The van der Waals surface area contributed by atoms with E-state index in [-0.39, 0.29) is 0 Å². The molecule has 0 amide bonds. The van der Waals surface area contributed by atoms with E-state index in [1.165, 1.54) is 65.9 Å². The van der Waals surface area contributed by atoms with Gasteiger partial charge >= 0.3 is 0 Å². The first-order valence-electron chi connectivity index (χ1n) is 18.8. The third-order valence-electron chi connectivity index (χ3n) is 11.4. The molecule has 256 valence electrons. The summed E-state index contributed by atoms with van der Waals surface area (Å²) < 4.78 is 4.70. The largest absolute Gasteiger partial charge is 0.309 e. The van der Waals surface area contributed by atoms with E-state index in [0.717, 1.165) is 39.5 Å². The van der Waals surface area contributed by atoms with Gasteiger partial charge < -0.3 is 9.47 Å². The van der Waals surface area contributed by atoms with Crippen molar-refractivity contribution in [3.63, 3.8) is 0 Å². The molecule has 3 aromatic heterocycles. The Hall–Kier alpha value is -7.43. The maximum atomic E-state index is 5.44. The van der Waals surface area contributed by atoms with E-state index < -0.39 is 0 Å². The molecule has 1 aliphatic heterocycles. The predicted octanol–water partition coefficient (Wildman–Crippen LogP) is 13.5. The van der Waals surface area contributed by atoms with Crippen LogP contribution in [0.25, 0.3) is 88.3 Å². The summed E-state index contributed by atoms with van der Waals surface area (Å²) in [6.07, 6.45) is 0. The number of anilines is 3. The molecule has 0 unspecified atom stereocenters. The minimum atomic E-state index is 0.889. The van der Waals surface area contributed by atoms with Gasteiger partial charge in [-0.1, -0.05) is 121 Å². The quantitative estimate of drug-likeness (QED) is 0.183. The number of fused-ring (bicyclic) bond motifs is 9. The van der Waals surface area contributed by atoms with E-state index in [1.807, 2.05) is 0 Å². The second-order valence-corrected chi connectivity index (χ2v) is 14.4. The molecule has 4 nitrogen and oxygen atoms in total. The molecule has 8 aromatic carbocycles. The van der Waals surface area contributed by atoms with Crippen LogP contribution in [0.1, 0.15) is 0 Å². The van der Waals surface area contributed by atoms with Gasteiger partial charge in [0.2, 0.25) is 0 Å². The van der Waals surface area contributed by atoms with Crippen molar-refractivity contribution in [2.24, 2.45) is 0 Å². The summed E-state index contributed by atoms with van der Waals surface area (Å²) in [4.78, 5) is 7.90. The Labute approximate surface area is 317 Å². The zero-order chi connectivity index (χ0) is 36.0. The second-order valence-electron chi connectivity index (χ2n) is 14.4. The standard InChI is InChI=1S/C51H32N4/c1-3-16-35(17-4-1)53-43-24-9-7-20-37(43)41-32-34(28-30-45(41)53)42-23-13-27-48(52-42)55-44-25-10-8-21-40(44)50-47(55)31-29-39-38-22-11-14-33-15-12-26-46(49(33)38)54(51(39)50)36-18-5-2-6-19-36/h1-32H. The Morgan fingerprint density at radius 3 is 1.85 bits per heavy atom. The second kappa shape index (κ2) is 11.5. The van der Waals surface area contributed by atoms with Crippen LogP contribution < -0.4 is 4.90 Å². The molecule has 55 heavy (non-hydrogen) atoms. The molecular formula is C51H32N4. The summed E-state index contributed by atoms with van der Waals surface area (Å²) in [5, 5.41) is 7.38. The Bertz CT molecular complexity index is 3310. The van der Waals surface area contributed by atoms with E-state index in [9.17, 15) is 0 Å². The van der Waals surface area contributed by atoms with Crippen LogP contribution in [0.5, 0.6) is 0 Å². The van der Waals surface area contributed by atoms with Gasteiger partial charge in [-0.05, 0) is 83.7 Å². The van der Waals surface area contributed by atoms with Crippen LogP contribution in [0.15, 0.2) is 194 Å². The highest BCUT2D eigenvalue weighted by atomic mass is 15.2. The molecule has 0 spiro atoms. The fourth-order valence-electron chi connectivity index (χ4n) is 9.13. The topological polar surface area (TPSA) is 26.0 Å². The molecule has 0 saturated heterocycles. The van der Waals surface area contributed by atoms with Crippen LogP contribution >= 0.6 is 0 Å². The van der Waals surface area contributed by atoms with Gasteiger partial charge in [0.15, 0.2) is 0 Å². The minimum Gasteiger partial charge on any atom is -0.309 e. The van der Waals surface area contributed by atoms with Crippen molar-refractivity contribution in [2.75, 3.05) is 4.90 Å². The van der Waals surface area contributed by atoms with Gasteiger partial charge in [0.05, 0.1) is 39.1 Å². The average molecular weight is 701 g/mol. The molecule has 0 aliphatic carbocycles. The van der Waals surface area contributed by atoms with E-state index in [1.54, 1.807) is 0 Å². The van der Waals surface area contributed by atoms with Crippen molar-refractivity contribution >= 4 is 71.4 Å². The zero-order valence-electron chi connectivity index (χ0n) is 29.8. The summed E-state index contributed by atoms with van der Waals surface area (Å²) in [5.74, 6) is 0.889. The highest BCUT2D eigenvalue weighted by molar-refractivity contribution is 6.24. The normalized spacial score (nSPS) is 12.3. The van der Waals surface area contributed by atoms with Crippen molar-refractivity contribution in [3.8, 4) is 33.9 Å². The van der Waals surface area contributed by atoms with E-state index in [2.05, 4.69) is 208 Å². The molecule has 0 N–H and O–H groups in total. The molecule has 12 rings (SSSR count). The molecule has 4 heteroatoms. The summed E-state index contributed by atoms with van der Waals surface area (Å²) in [6, 6.07) is 70.0. The maximum absolute atomic E-state index is 5.44. The number of hydrogen-bond donors (Lipinski definition) is 0. The number of hydrogen-bond acceptors (Lipinski definition) is 2. The van der Waals surface area contributed by atoms with Crippen LogP contribution in [0.2, 0.25) is 0 Å². The fraction of sp³-hybridized carbons (Fsp3) is 0. The van der Waals surface area contributed by atoms with Crippen LogP contribution in [-0.4, -0.2) is 14.1 Å². The molecular weight excluding hydrogens is 669 g/mol. The summed E-state index contributed by atoms with van der Waals surface area (Å²) in [6.45, 7) is 0. The predicted molar refractivity (Wildman–Crippen MR) is 230 cm³/mol. The Morgan fingerprint density at radius 1 is 0.382 bits per heavy atom. The Balaban J connectivity index is 1.09. The summed E-state index contributed by atoms with van der Waals surface area (Å²) >= 11 is 0. The van der Waals surface area contributed by atoms with Crippen molar-refractivity contribution in [1.82, 2.24) is 14.1 Å². The number of benzene rings is 8. The zero-order valence-corrected chi connectivity index (χ0v) is 29.8. The lowest BCUT2D eigenvalue weighted by Gasteiger charge is -2.34. The number of nitrogens with zero attached hydrogens (tertiary/aromatic N) is 4. The highest BCUT2D eigenvalue weighted by Gasteiger charge is 2.30. The number of pyridine rings is 1. The average Bonchev–Trinajstić information content (AvgIpc) is 3.77. The van der Waals surface area contributed by atoms with Crippen molar-refractivity contribution < 1.29 is 0 Å². The van der Waals surface area contributed by atoms with Crippen LogP contribution in [0.3, 0.4) is 0 Å². The molecule has 11 aromatic rings. The first kappa shape index (κ1) is 30.1. The van der Waals surface area contributed by atoms with E-state index in [4.69, 9.17) is 4.98 Å². The first-order chi connectivity index (χ1) is 27.3. The SMILES string of the molecule is c1ccc(N2c3cccc4cccc(c34)-c3ccc4c(c32)c2ccccc2n4-c2cccc(-c3ccc4c(c3)c3ccccc3n4-c3ccccc3)n2)cc1. The van der Waals surface area contributed by atoms with Gasteiger partial charge in [-0.2, -0.15) is 0 Å². The number of para-hydroxylation sites is 4. The van der Waals surface area contributed by atoms with Gasteiger partial charge in [0, 0.05) is 49.4 Å². The number of aromatic nitrogens is 3. The van der Waals surface area contributed by atoms with E-state index in [0.29, 0.717) is 0 Å². The molecule has 0 atom stereocenters. The van der Waals surface area contributed by atoms with Crippen molar-refractivity contribution in [3.05, 3.63) is 194 Å². The van der Waals surface area contributed by atoms with Gasteiger partial charge in [-0.15, -0.1) is 0 Å². The third kappa shape index (κ3) is 4.31. The van der Waals surface area contributed by atoms with Gasteiger partial charge in [0.25, 0.3) is 0 Å². The highest BCUT2D eigenvalue weighted by Crippen LogP contribution is 2.55. The first-order valence-corrected chi connectivity index (χ1v) is 18.8. The summed E-state index contributed by atoms with van der Waals surface area (Å²) in [7, 11) is 0. The molecule has 4 heterocycles. The van der Waals surface area contributed by atoms with Crippen molar-refractivity contribution in [2.45, 2.75) is 0 Å².